The third-order valence-electron chi connectivity index (χ3n) is 5.01. The van der Waals surface area contributed by atoms with Crippen molar-refractivity contribution in [2.75, 3.05) is 31.3 Å². The maximum Gasteiger partial charge on any atom is 0.229 e. The Kier molecular flexibility index (Phi) is 6.77. The van der Waals surface area contributed by atoms with Crippen LogP contribution in [-0.2, 0) is 14.8 Å². The number of hydrogen-bond acceptors (Lipinski definition) is 5. The summed E-state index contributed by atoms with van der Waals surface area (Å²) in [5, 5.41) is 3.30. The normalized spacial score (nSPS) is 17.7. The van der Waals surface area contributed by atoms with Crippen LogP contribution in [0.1, 0.15) is 19.8 Å². The number of nitrogens with zero attached hydrogens (tertiary/aromatic N) is 2. The smallest absolute Gasteiger partial charge is 0.229 e. The van der Waals surface area contributed by atoms with E-state index in [9.17, 15) is 13.2 Å². The SMILES string of the molecule is CCS(=O)(=O)N1CCCC(C(=O)Nc2ccc(-c3ccc(OC)c(Cl)c3)cn2)C1. The number of ether oxygens (including phenoxy) is 1. The average molecular weight is 438 g/mol. The highest BCUT2D eigenvalue weighted by Crippen LogP contribution is 2.30. The van der Waals surface area contributed by atoms with Gasteiger partial charge in [0.25, 0.3) is 0 Å². The fourth-order valence-corrected chi connectivity index (χ4v) is 4.74. The molecule has 1 saturated heterocycles. The highest BCUT2D eigenvalue weighted by molar-refractivity contribution is 7.89. The molecule has 1 N–H and O–H groups in total. The van der Waals surface area contributed by atoms with E-state index in [4.69, 9.17) is 16.3 Å². The van der Waals surface area contributed by atoms with Gasteiger partial charge in [0.05, 0.1) is 23.8 Å². The lowest BCUT2D eigenvalue weighted by Gasteiger charge is -2.30. The van der Waals surface area contributed by atoms with Crippen LogP contribution >= 0.6 is 11.6 Å². The average Bonchev–Trinajstić information content (AvgIpc) is 2.74. The van der Waals surface area contributed by atoms with Crippen molar-refractivity contribution in [2.24, 2.45) is 5.92 Å². The third kappa shape index (κ3) is 5.07. The summed E-state index contributed by atoms with van der Waals surface area (Å²) in [6, 6.07) is 9.02. The van der Waals surface area contributed by atoms with Gasteiger partial charge in [-0.3, -0.25) is 4.79 Å². The Bertz CT molecular complexity index is 980. The molecule has 156 valence electrons. The van der Waals surface area contributed by atoms with Crippen LogP contribution in [0.3, 0.4) is 0 Å². The lowest BCUT2D eigenvalue weighted by Crippen LogP contribution is -2.44. The molecule has 1 aromatic heterocycles. The van der Waals surface area contributed by atoms with Crippen molar-refractivity contribution in [1.82, 2.24) is 9.29 Å². The number of hydrogen-bond donors (Lipinski definition) is 1. The lowest BCUT2D eigenvalue weighted by molar-refractivity contribution is -0.120. The van der Waals surface area contributed by atoms with Crippen molar-refractivity contribution >= 4 is 33.3 Å². The number of aromatic nitrogens is 1. The second kappa shape index (κ2) is 9.11. The minimum absolute atomic E-state index is 0.0414. The number of carbonyl (C=O) groups is 1. The molecule has 0 radical (unpaired) electrons. The fourth-order valence-electron chi connectivity index (χ4n) is 3.30. The first-order valence-electron chi connectivity index (χ1n) is 9.42. The first kappa shape index (κ1) is 21.5. The highest BCUT2D eigenvalue weighted by Gasteiger charge is 2.31. The zero-order valence-corrected chi connectivity index (χ0v) is 18.0. The third-order valence-corrected chi connectivity index (χ3v) is 7.16. The van der Waals surface area contributed by atoms with Crippen molar-refractivity contribution in [2.45, 2.75) is 19.8 Å². The molecular weight excluding hydrogens is 414 g/mol. The van der Waals surface area contributed by atoms with E-state index in [-0.39, 0.29) is 24.1 Å². The van der Waals surface area contributed by atoms with Crippen LogP contribution in [-0.4, -0.2) is 49.6 Å². The molecule has 1 atom stereocenters. The van der Waals surface area contributed by atoms with Crippen molar-refractivity contribution in [3.05, 3.63) is 41.6 Å². The molecule has 2 heterocycles. The number of nitrogens with one attached hydrogen (secondary N) is 1. The predicted molar refractivity (Wildman–Crippen MR) is 114 cm³/mol. The Labute approximate surface area is 176 Å². The number of methoxy groups -OCH3 is 1. The van der Waals surface area contributed by atoms with Crippen LogP contribution in [0.5, 0.6) is 5.75 Å². The summed E-state index contributed by atoms with van der Waals surface area (Å²) in [5.41, 5.74) is 1.74. The highest BCUT2D eigenvalue weighted by atomic mass is 35.5. The molecule has 1 aliphatic heterocycles. The molecule has 1 aliphatic rings. The topological polar surface area (TPSA) is 88.6 Å². The summed E-state index contributed by atoms with van der Waals surface area (Å²) in [4.78, 5) is 16.9. The summed E-state index contributed by atoms with van der Waals surface area (Å²) in [7, 11) is -1.73. The second-order valence-electron chi connectivity index (χ2n) is 6.87. The molecule has 1 aromatic carbocycles. The van der Waals surface area contributed by atoms with E-state index >= 15 is 0 Å². The molecule has 0 saturated carbocycles. The first-order chi connectivity index (χ1) is 13.8. The second-order valence-corrected chi connectivity index (χ2v) is 9.53. The lowest BCUT2D eigenvalue weighted by atomic mass is 9.99. The number of rotatable bonds is 6. The molecule has 29 heavy (non-hydrogen) atoms. The van der Waals surface area contributed by atoms with Crippen molar-refractivity contribution in [3.63, 3.8) is 0 Å². The number of anilines is 1. The maximum atomic E-state index is 12.6. The van der Waals surface area contributed by atoms with Gasteiger partial charge in [0.2, 0.25) is 15.9 Å². The van der Waals surface area contributed by atoms with Crippen LogP contribution in [0, 0.1) is 5.92 Å². The number of halogens is 1. The number of pyridine rings is 1. The molecule has 3 rings (SSSR count). The van der Waals surface area contributed by atoms with Gasteiger partial charge in [-0.25, -0.2) is 17.7 Å². The molecule has 1 amide bonds. The van der Waals surface area contributed by atoms with E-state index in [0.29, 0.717) is 36.0 Å². The molecule has 1 fully saturated rings. The van der Waals surface area contributed by atoms with Gasteiger partial charge >= 0.3 is 0 Å². The minimum atomic E-state index is -3.29. The largest absolute Gasteiger partial charge is 0.495 e. The van der Waals surface area contributed by atoms with Gasteiger partial charge in [-0.05, 0) is 49.6 Å². The monoisotopic (exact) mass is 437 g/mol. The van der Waals surface area contributed by atoms with E-state index in [1.807, 2.05) is 12.1 Å². The fraction of sp³-hybridized carbons (Fsp3) is 0.400. The quantitative estimate of drug-likeness (QED) is 0.748. The van der Waals surface area contributed by atoms with E-state index in [1.54, 1.807) is 38.4 Å². The van der Waals surface area contributed by atoms with Crippen LogP contribution in [0.25, 0.3) is 11.1 Å². The number of sulfonamides is 1. The number of piperidine rings is 1. The van der Waals surface area contributed by atoms with Crippen molar-refractivity contribution in [1.29, 1.82) is 0 Å². The summed E-state index contributed by atoms with van der Waals surface area (Å²) < 4.78 is 30.7. The van der Waals surface area contributed by atoms with Gasteiger partial charge in [0, 0.05) is 24.8 Å². The van der Waals surface area contributed by atoms with Gasteiger partial charge < -0.3 is 10.1 Å². The van der Waals surface area contributed by atoms with Crippen LogP contribution in [0.2, 0.25) is 5.02 Å². The van der Waals surface area contributed by atoms with Gasteiger partial charge in [-0.15, -0.1) is 0 Å². The number of amides is 1. The van der Waals surface area contributed by atoms with Crippen LogP contribution < -0.4 is 10.1 Å². The van der Waals surface area contributed by atoms with Gasteiger partial charge in [-0.2, -0.15) is 0 Å². The number of benzene rings is 1. The Morgan fingerprint density at radius 1 is 1.31 bits per heavy atom. The molecule has 1 unspecified atom stereocenters. The Morgan fingerprint density at radius 3 is 2.69 bits per heavy atom. The maximum absolute atomic E-state index is 12.6. The molecule has 9 heteroatoms. The van der Waals surface area contributed by atoms with Crippen molar-refractivity contribution in [3.8, 4) is 16.9 Å². The Balaban J connectivity index is 1.66. The van der Waals surface area contributed by atoms with E-state index in [0.717, 1.165) is 11.1 Å². The molecule has 0 bridgehead atoms. The van der Waals surface area contributed by atoms with Crippen molar-refractivity contribution < 1.29 is 17.9 Å². The zero-order valence-electron chi connectivity index (χ0n) is 16.4. The summed E-state index contributed by atoms with van der Waals surface area (Å²) in [6.07, 6.45) is 2.98. The Hall–Kier alpha value is -2.16. The first-order valence-corrected chi connectivity index (χ1v) is 11.4. The van der Waals surface area contributed by atoms with Crippen LogP contribution in [0.4, 0.5) is 5.82 Å². The van der Waals surface area contributed by atoms with Gasteiger partial charge in [0.15, 0.2) is 0 Å². The molecule has 7 nitrogen and oxygen atoms in total. The van der Waals surface area contributed by atoms with E-state index < -0.39 is 10.0 Å². The molecular formula is C20H24ClN3O4S. The van der Waals surface area contributed by atoms with Gasteiger partial charge in [-0.1, -0.05) is 17.7 Å². The standard InChI is InChI=1S/C20H24ClN3O4S/c1-3-29(26,27)24-10-4-5-16(13-24)20(25)23-19-9-7-15(12-22-19)14-6-8-18(28-2)17(21)11-14/h6-9,11-12,16H,3-5,10,13H2,1-2H3,(H,22,23,25). The minimum Gasteiger partial charge on any atom is -0.495 e. The predicted octanol–water partition coefficient (Wildman–Crippen LogP) is 3.41. The van der Waals surface area contributed by atoms with Gasteiger partial charge in [0.1, 0.15) is 11.6 Å². The molecule has 0 spiro atoms. The zero-order chi connectivity index (χ0) is 21.0. The number of carbonyl (C=O) groups excluding carboxylic acids is 1. The van der Waals surface area contributed by atoms with E-state index in [1.165, 1.54) is 4.31 Å². The molecule has 0 aliphatic carbocycles. The summed E-state index contributed by atoms with van der Waals surface area (Å²) in [5.74, 6) is 0.466. The Morgan fingerprint density at radius 2 is 2.07 bits per heavy atom. The van der Waals surface area contributed by atoms with E-state index in [2.05, 4.69) is 10.3 Å². The summed E-state index contributed by atoms with van der Waals surface area (Å²) in [6.45, 7) is 2.29. The molecule has 2 aromatic rings. The summed E-state index contributed by atoms with van der Waals surface area (Å²) >= 11 is 6.17. The van der Waals surface area contributed by atoms with Crippen LogP contribution in [0.15, 0.2) is 36.5 Å².